The van der Waals surface area contributed by atoms with Crippen molar-refractivity contribution in [3.8, 4) is 5.75 Å². The van der Waals surface area contributed by atoms with Crippen LogP contribution in [0.3, 0.4) is 0 Å². The molecule has 11 heteroatoms. The van der Waals surface area contributed by atoms with Crippen LogP contribution in [-0.2, 0) is 27.3 Å². The second-order valence-corrected chi connectivity index (χ2v) is 13.4. The number of carbonyl (C=O) groups excluding carboxylic acids is 3. The summed E-state index contributed by atoms with van der Waals surface area (Å²) < 4.78 is 0. The van der Waals surface area contributed by atoms with Gasteiger partial charge in [0.25, 0.3) is 0 Å². The molecule has 4 rings (SSSR count). The van der Waals surface area contributed by atoms with Crippen LogP contribution in [0.4, 0.5) is 5.69 Å². The van der Waals surface area contributed by atoms with Crippen LogP contribution in [0.2, 0.25) is 0 Å². The molecule has 0 heterocycles. The number of phenolic OH excluding ortho intramolecular Hbond substituents is 1. The van der Waals surface area contributed by atoms with Crippen molar-refractivity contribution in [3.05, 3.63) is 28.3 Å². The molecule has 0 aliphatic heterocycles. The molecule has 41 heavy (non-hydrogen) atoms. The second kappa shape index (κ2) is 10.7. The summed E-state index contributed by atoms with van der Waals surface area (Å²) in [7, 11) is 6.97. The van der Waals surface area contributed by atoms with E-state index in [0.717, 1.165) is 12.1 Å². The highest BCUT2D eigenvalue weighted by Gasteiger charge is 2.67. The molecule has 3 unspecified atom stereocenters. The summed E-state index contributed by atoms with van der Waals surface area (Å²) in [5, 5.41) is 49.1. The third kappa shape index (κ3) is 5.03. The van der Waals surface area contributed by atoms with Gasteiger partial charge in [0.15, 0.2) is 11.4 Å². The largest absolute Gasteiger partial charge is 0.507 e. The topological polar surface area (TPSA) is 177 Å². The van der Waals surface area contributed by atoms with Crippen molar-refractivity contribution in [2.45, 2.75) is 64.3 Å². The van der Waals surface area contributed by atoms with E-state index in [1.54, 1.807) is 19.0 Å². The lowest BCUT2D eigenvalue weighted by Gasteiger charge is -2.53. The highest BCUT2D eigenvalue weighted by atomic mass is 16.3. The van der Waals surface area contributed by atoms with Crippen LogP contribution in [0.25, 0.3) is 5.76 Å². The van der Waals surface area contributed by atoms with Crippen LogP contribution in [0.5, 0.6) is 5.75 Å². The Morgan fingerprint density at radius 2 is 1.80 bits per heavy atom. The number of hydrogen-bond donors (Lipinski definition) is 6. The van der Waals surface area contributed by atoms with Gasteiger partial charge in [0.05, 0.1) is 11.7 Å². The zero-order valence-electron chi connectivity index (χ0n) is 25.0. The zero-order valence-corrected chi connectivity index (χ0v) is 25.0. The number of Topliss-reactive ketones (excluding diaryl/α,β-unsaturated/α-hetero) is 2. The van der Waals surface area contributed by atoms with Crippen molar-refractivity contribution in [2.75, 3.05) is 39.6 Å². The third-order valence-corrected chi connectivity index (χ3v) is 8.99. The second-order valence-electron chi connectivity index (χ2n) is 13.4. The van der Waals surface area contributed by atoms with E-state index in [1.165, 1.54) is 0 Å². The van der Waals surface area contributed by atoms with Gasteiger partial charge in [-0.1, -0.05) is 20.8 Å². The molecule has 0 spiro atoms. The number of nitrogens with zero attached hydrogens (tertiary/aromatic N) is 2. The Bertz CT molecular complexity index is 1300. The minimum Gasteiger partial charge on any atom is -0.507 e. The lowest BCUT2D eigenvalue weighted by Crippen LogP contribution is -2.73. The number of likely N-dealkylation sites (N-methyl/N-ethyl adjacent to an activating group) is 1. The Morgan fingerprint density at radius 3 is 2.34 bits per heavy atom. The Hall–Kier alpha value is -2.99. The minimum absolute atomic E-state index is 0.0853. The molecular formula is C30H44N4O7. The molecule has 7 N–H and O–H groups in total. The maximum Gasteiger partial charge on any atom is 0.230 e. The molecule has 1 aromatic carbocycles. The number of amides is 1. The summed E-state index contributed by atoms with van der Waals surface area (Å²) >= 11 is 0. The van der Waals surface area contributed by atoms with E-state index in [-0.39, 0.29) is 35.1 Å². The molecule has 1 aromatic rings. The number of carbonyl (C=O) groups is 3. The van der Waals surface area contributed by atoms with Crippen LogP contribution < -0.4 is 16.0 Å². The molecule has 0 saturated heterocycles. The first-order chi connectivity index (χ1) is 18.9. The summed E-state index contributed by atoms with van der Waals surface area (Å²) in [4.78, 5) is 43.2. The fourth-order valence-electron chi connectivity index (χ4n) is 6.93. The third-order valence-electron chi connectivity index (χ3n) is 8.99. The van der Waals surface area contributed by atoms with Gasteiger partial charge in [-0.05, 0) is 62.9 Å². The number of nitrogens with one attached hydrogen (secondary N) is 1. The van der Waals surface area contributed by atoms with Crippen LogP contribution in [0, 0.1) is 23.2 Å². The van der Waals surface area contributed by atoms with Crippen molar-refractivity contribution in [2.24, 2.45) is 28.9 Å². The quantitative estimate of drug-likeness (QED) is 0.202. The van der Waals surface area contributed by atoms with E-state index in [9.17, 15) is 34.8 Å². The number of ketones is 2. The smallest absolute Gasteiger partial charge is 0.230 e. The fourth-order valence-corrected chi connectivity index (χ4v) is 6.93. The van der Waals surface area contributed by atoms with E-state index in [2.05, 4.69) is 26.1 Å². The number of anilines is 1. The zero-order chi connectivity index (χ0) is 30.8. The molecule has 3 aliphatic carbocycles. The average Bonchev–Trinajstić information content (AvgIpc) is 2.83. The van der Waals surface area contributed by atoms with Gasteiger partial charge in [-0.3, -0.25) is 14.4 Å². The van der Waals surface area contributed by atoms with Crippen molar-refractivity contribution >= 4 is 28.9 Å². The van der Waals surface area contributed by atoms with Crippen LogP contribution in [-0.4, -0.2) is 95.3 Å². The first-order valence-corrected chi connectivity index (χ1v) is 14.1. The van der Waals surface area contributed by atoms with Crippen LogP contribution in [0.15, 0.2) is 11.6 Å². The number of aliphatic hydroxyl groups excluding tert-OH is 2. The number of fused-ring (bicyclic) bond motifs is 3. The monoisotopic (exact) mass is 572 g/mol. The van der Waals surface area contributed by atoms with Gasteiger partial charge in [-0.2, -0.15) is 0 Å². The normalized spacial score (nSPS) is 29.8. The molecule has 11 nitrogen and oxygen atoms in total. The van der Waals surface area contributed by atoms with Gasteiger partial charge in [0.1, 0.15) is 17.4 Å². The van der Waals surface area contributed by atoms with Gasteiger partial charge in [0.2, 0.25) is 11.7 Å². The summed E-state index contributed by atoms with van der Waals surface area (Å²) in [5.74, 6) is -7.41. The predicted octanol–water partition coefficient (Wildman–Crippen LogP) is 0.721. The Morgan fingerprint density at radius 1 is 1.17 bits per heavy atom. The molecule has 0 aromatic heterocycles. The number of aromatic hydroxyl groups is 1. The number of hydrogen-bond acceptors (Lipinski definition) is 10. The Labute approximate surface area is 241 Å². The highest BCUT2D eigenvalue weighted by Crippen LogP contribution is 2.53. The number of benzene rings is 1. The van der Waals surface area contributed by atoms with E-state index >= 15 is 0 Å². The molecule has 0 radical (unpaired) electrons. The fraction of sp³-hybridized carbons (Fsp3) is 0.633. The summed E-state index contributed by atoms with van der Waals surface area (Å²) in [6.45, 7) is 7.45. The SMILES string of the molecule is CN(C)c1cc(CNCCC(C)(C)C)c(O)c2c1C[C@@H]1C[C@@H]3C(N(C)C)C(O)C(C(N)=O)C(=O)[C@]3(O)C(=O)C1=C2O. The summed E-state index contributed by atoms with van der Waals surface area (Å²) in [5.41, 5.74) is 4.80. The van der Waals surface area contributed by atoms with Crippen LogP contribution >= 0.6 is 0 Å². The number of phenols is 1. The standard InChI is InChI=1S/C30H44N4O7/c1-29(2,3)8-9-32-13-15-12-18(33(4)5)16-10-14-11-17-22(34(6)7)25(37)21(28(31)40)27(39)30(17,41)26(38)19(14)24(36)20(16)23(15)35/h12,14,17,21-22,25,32,35-37,41H,8-11,13H2,1-7H3,(H2,31,40)/t14-,17-,21?,22?,25?,30-/m1/s1. The molecule has 3 aliphatic rings. The maximum absolute atomic E-state index is 14.1. The molecular weight excluding hydrogens is 528 g/mol. The van der Waals surface area contributed by atoms with E-state index in [1.807, 2.05) is 25.1 Å². The van der Waals surface area contributed by atoms with Gasteiger partial charge in [-0.15, -0.1) is 0 Å². The first-order valence-electron chi connectivity index (χ1n) is 14.1. The van der Waals surface area contributed by atoms with E-state index in [0.29, 0.717) is 24.2 Å². The lowest BCUT2D eigenvalue weighted by molar-refractivity contribution is -0.184. The average molecular weight is 573 g/mol. The van der Waals surface area contributed by atoms with Gasteiger partial charge in [-0.25, -0.2) is 0 Å². The Kier molecular flexibility index (Phi) is 8.07. The molecule has 2 saturated carbocycles. The molecule has 2 fully saturated rings. The molecule has 1 amide bonds. The van der Waals surface area contributed by atoms with Crippen molar-refractivity contribution < 1.29 is 34.8 Å². The highest BCUT2D eigenvalue weighted by molar-refractivity contribution is 6.25. The van der Waals surface area contributed by atoms with Crippen molar-refractivity contribution in [1.29, 1.82) is 0 Å². The van der Waals surface area contributed by atoms with E-state index in [4.69, 9.17) is 5.73 Å². The van der Waals surface area contributed by atoms with Gasteiger partial charge < -0.3 is 41.3 Å². The summed E-state index contributed by atoms with van der Waals surface area (Å²) in [6.07, 6.45) is -0.261. The summed E-state index contributed by atoms with van der Waals surface area (Å²) in [6, 6.07) is 0.943. The molecule has 0 bridgehead atoms. The van der Waals surface area contributed by atoms with Crippen LogP contribution in [0.1, 0.15) is 50.3 Å². The van der Waals surface area contributed by atoms with Crippen molar-refractivity contribution in [1.82, 2.24) is 10.2 Å². The van der Waals surface area contributed by atoms with Gasteiger partial charge in [0, 0.05) is 49.4 Å². The maximum atomic E-state index is 14.1. The van der Waals surface area contributed by atoms with Crippen molar-refractivity contribution in [3.63, 3.8) is 0 Å². The Balaban J connectivity index is 1.83. The number of rotatable bonds is 7. The minimum atomic E-state index is -2.67. The predicted molar refractivity (Wildman–Crippen MR) is 154 cm³/mol. The number of nitrogens with two attached hydrogens (primary N) is 1. The number of primary amides is 1. The lowest BCUT2D eigenvalue weighted by atomic mass is 9.54. The molecule has 226 valence electrons. The first kappa shape index (κ1) is 31.0. The van der Waals surface area contributed by atoms with E-state index < -0.39 is 58.7 Å². The number of aliphatic hydroxyl groups is 3. The molecule has 6 atom stereocenters. The van der Waals surface area contributed by atoms with Gasteiger partial charge >= 0.3 is 0 Å².